The van der Waals surface area contributed by atoms with Crippen molar-refractivity contribution < 1.29 is 4.79 Å². The SMILES string of the molecule is NC(=O)C1CN(c2ccnc(-c3cnc4ccc(Cl)cn34)n2)CCN1C1CC1. The van der Waals surface area contributed by atoms with Gasteiger partial charge in [0.25, 0.3) is 0 Å². The third-order valence-corrected chi connectivity index (χ3v) is 5.65. The molecule has 1 saturated heterocycles. The largest absolute Gasteiger partial charge is 0.368 e. The van der Waals surface area contributed by atoms with Gasteiger partial charge in [0.15, 0.2) is 5.82 Å². The van der Waals surface area contributed by atoms with Gasteiger partial charge < -0.3 is 10.6 Å². The van der Waals surface area contributed by atoms with Crippen LogP contribution in [0.1, 0.15) is 12.8 Å². The molecule has 3 aromatic heterocycles. The van der Waals surface area contributed by atoms with E-state index < -0.39 is 0 Å². The van der Waals surface area contributed by atoms with Gasteiger partial charge in [-0.25, -0.2) is 15.0 Å². The molecule has 2 N–H and O–H groups in total. The van der Waals surface area contributed by atoms with E-state index in [9.17, 15) is 4.79 Å². The summed E-state index contributed by atoms with van der Waals surface area (Å²) in [6.07, 6.45) is 7.57. The van der Waals surface area contributed by atoms with Crippen LogP contribution in [0.5, 0.6) is 0 Å². The van der Waals surface area contributed by atoms with Gasteiger partial charge in [0.1, 0.15) is 23.2 Å². The maximum absolute atomic E-state index is 12.0. The van der Waals surface area contributed by atoms with Crippen LogP contribution in [0, 0.1) is 0 Å². The molecule has 3 aromatic rings. The highest BCUT2D eigenvalue weighted by molar-refractivity contribution is 6.30. The van der Waals surface area contributed by atoms with E-state index in [2.05, 4.69) is 19.8 Å². The average Bonchev–Trinajstić information content (AvgIpc) is 3.47. The standard InChI is InChI=1S/C19H20ClN7O/c20-12-1-4-16-23-9-14(27(16)10-12)19-22-6-5-17(24-19)25-7-8-26(13-2-3-13)15(11-25)18(21)28/h1,4-6,9-10,13,15H,2-3,7-8,11H2,(H2,21,28). The zero-order valence-corrected chi connectivity index (χ0v) is 16.0. The quantitative estimate of drug-likeness (QED) is 0.718. The van der Waals surface area contributed by atoms with E-state index in [1.54, 1.807) is 24.7 Å². The molecule has 2 fully saturated rings. The molecular formula is C19H20ClN7O. The number of imidazole rings is 1. The first-order chi connectivity index (χ1) is 13.6. The molecule has 0 spiro atoms. The van der Waals surface area contributed by atoms with Crippen LogP contribution in [0.3, 0.4) is 0 Å². The van der Waals surface area contributed by atoms with Gasteiger partial charge in [-0.2, -0.15) is 0 Å². The fourth-order valence-corrected chi connectivity index (χ4v) is 4.03. The molecule has 1 aliphatic heterocycles. The molecule has 9 heteroatoms. The lowest BCUT2D eigenvalue weighted by atomic mass is 10.1. The van der Waals surface area contributed by atoms with Crippen molar-refractivity contribution in [2.24, 2.45) is 5.73 Å². The topological polar surface area (TPSA) is 92.7 Å². The van der Waals surface area contributed by atoms with Gasteiger partial charge in [0.2, 0.25) is 5.91 Å². The molecule has 5 rings (SSSR count). The molecule has 4 heterocycles. The van der Waals surface area contributed by atoms with Crippen molar-refractivity contribution in [3.63, 3.8) is 0 Å². The van der Waals surface area contributed by atoms with Gasteiger partial charge in [-0.15, -0.1) is 0 Å². The maximum Gasteiger partial charge on any atom is 0.236 e. The Morgan fingerprint density at radius 1 is 1.18 bits per heavy atom. The van der Waals surface area contributed by atoms with Crippen LogP contribution in [0.2, 0.25) is 5.02 Å². The van der Waals surface area contributed by atoms with Crippen LogP contribution in [0.4, 0.5) is 5.82 Å². The fraction of sp³-hybridized carbons (Fsp3) is 0.368. The Labute approximate surface area is 166 Å². The highest BCUT2D eigenvalue weighted by atomic mass is 35.5. The zero-order valence-electron chi connectivity index (χ0n) is 15.2. The second-order valence-electron chi connectivity index (χ2n) is 7.29. The molecule has 2 aliphatic rings. The van der Waals surface area contributed by atoms with Gasteiger partial charge in [-0.1, -0.05) is 11.6 Å². The molecule has 1 saturated carbocycles. The third-order valence-electron chi connectivity index (χ3n) is 5.43. The Balaban J connectivity index is 1.45. The molecule has 0 aromatic carbocycles. The van der Waals surface area contributed by atoms with E-state index in [-0.39, 0.29) is 11.9 Å². The van der Waals surface area contributed by atoms with Crippen molar-refractivity contribution in [1.82, 2.24) is 24.3 Å². The number of nitrogens with two attached hydrogens (primary N) is 1. The number of anilines is 1. The number of carbonyl (C=O) groups is 1. The number of primary amides is 1. The lowest BCUT2D eigenvalue weighted by Gasteiger charge is -2.40. The number of piperazine rings is 1. The van der Waals surface area contributed by atoms with Gasteiger partial charge >= 0.3 is 0 Å². The summed E-state index contributed by atoms with van der Waals surface area (Å²) in [4.78, 5) is 29.9. The first-order valence-corrected chi connectivity index (χ1v) is 9.74. The molecule has 0 bridgehead atoms. The van der Waals surface area contributed by atoms with Crippen molar-refractivity contribution in [3.8, 4) is 11.5 Å². The summed E-state index contributed by atoms with van der Waals surface area (Å²) in [6.45, 7) is 2.15. The Morgan fingerprint density at radius 3 is 2.82 bits per heavy atom. The van der Waals surface area contributed by atoms with E-state index in [4.69, 9.17) is 22.3 Å². The van der Waals surface area contributed by atoms with Gasteiger partial charge in [-0.05, 0) is 31.0 Å². The number of hydrogen-bond donors (Lipinski definition) is 1. The Bertz CT molecular complexity index is 1050. The molecule has 1 amide bonds. The van der Waals surface area contributed by atoms with Crippen molar-refractivity contribution in [3.05, 3.63) is 41.8 Å². The summed E-state index contributed by atoms with van der Waals surface area (Å²) in [5.41, 5.74) is 7.23. The normalized spacial score (nSPS) is 20.6. The van der Waals surface area contributed by atoms with Crippen molar-refractivity contribution in [2.45, 2.75) is 24.9 Å². The van der Waals surface area contributed by atoms with Crippen molar-refractivity contribution in [1.29, 1.82) is 0 Å². The van der Waals surface area contributed by atoms with Crippen LogP contribution in [0.25, 0.3) is 17.2 Å². The molecule has 1 atom stereocenters. The summed E-state index contributed by atoms with van der Waals surface area (Å²) in [6, 6.07) is 5.74. The minimum absolute atomic E-state index is 0.276. The molecule has 1 aliphatic carbocycles. The smallest absolute Gasteiger partial charge is 0.236 e. The monoisotopic (exact) mass is 397 g/mol. The lowest BCUT2D eigenvalue weighted by molar-refractivity contribution is -0.123. The van der Waals surface area contributed by atoms with Crippen LogP contribution in [-0.4, -0.2) is 61.9 Å². The van der Waals surface area contributed by atoms with E-state index >= 15 is 0 Å². The Kier molecular flexibility index (Phi) is 4.17. The van der Waals surface area contributed by atoms with E-state index in [0.29, 0.717) is 23.4 Å². The number of pyridine rings is 1. The number of fused-ring (bicyclic) bond motifs is 1. The first-order valence-electron chi connectivity index (χ1n) is 9.36. The predicted molar refractivity (Wildman–Crippen MR) is 106 cm³/mol. The van der Waals surface area contributed by atoms with Gasteiger partial charge in [0.05, 0.1) is 11.2 Å². The molecule has 1 unspecified atom stereocenters. The van der Waals surface area contributed by atoms with Crippen LogP contribution < -0.4 is 10.6 Å². The van der Waals surface area contributed by atoms with Crippen molar-refractivity contribution >= 4 is 29.0 Å². The zero-order chi connectivity index (χ0) is 19.3. The lowest BCUT2D eigenvalue weighted by Crippen LogP contribution is -2.59. The molecule has 144 valence electrons. The summed E-state index contributed by atoms with van der Waals surface area (Å²) in [7, 11) is 0. The maximum atomic E-state index is 12.0. The van der Waals surface area contributed by atoms with Crippen LogP contribution >= 0.6 is 11.6 Å². The number of carbonyl (C=O) groups excluding carboxylic acids is 1. The average molecular weight is 398 g/mol. The molecule has 0 radical (unpaired) electrons. The highest BCUT2D eigenvalue weighted by Crippen LogP contribution is 2.31. The minimum atomic E-state index is -0.283. The minimum Gasteiger partial charge on any atom is -0.368 e. The number of nitrogens with zero attached hydrogens (tertiary/aromatic N) is 6. The van der Waals surface area contributed by atoms with Gasteiger partial charge in [-0.3, -0.25) is 14.1 Å². The number of rotatable bonds is 4. The molecule has 28 heavy (non-hydrogen) atoms. The summed E-state index contributed by atoms with van der Waals surface area (Å²) < 4.78 is 1.87. The number of aromatic nitrogens is 4. The number of halogens is 1. The predicted octanol–water partition coefficient (Wildman–Crippen LogP) is 1.58. The highest BCUT2D eigenvalue weighted by Gasteiger charge is 2.40. The van der Waals surface area contributed by atoms with Crippen LogP contribution in [-0.2, 0) is 4.79 Å². The fourth-order valence-electron chi connectivity index (χ4n) is 3.87. The van der Waals surface area contributed by atoms with E-state index in [0.717, 1.165) is 43.1 Å². The van der Waals surface area contributed by atoms with E-state index in [1.807, 2.05) is 16.5 Å². The van der Waals surface area contributed by atoms with E-state index in [1.165, 1.54) is 0 Å². The van der Waals surface area contributed by atoms with Gasteiger partial charge in [0, 0.05) is 38.1 Å². The number of hydrogen-bond acceptors (Lipinski definition) is 6. The first kappa shape index (κ1) is 17.4. The number of amides is 1. The summed E-state index contributed by atoms with van der Waals surface area (Å²) >= 11 is 6.13. The summed E-state index contributed by atoms with van der Waals surface area (Å²) in [5.74, 6) is 1.07. The second-order valence-corrected chi connectivity index (χ2v) is 7.73. The summed E-state index contributed by atoms with van der Waals surface area (Å²) in [5, 5.41) is 0.614. The molecular weight excluding hydrogens is 378 g/mol. The van der Waals surface area contributed by atoms with Crippen molar-refractivity contribution in [2.75, 3.05) is 24.5 Å². The second kappa shape index (κ2) is 6.72. The third kappa shape index (κ3) is 3.08. The Morgan fingerprint density at radius 2 is 2.04 bits per heavy atom. The molecule has 8 nitrogen and oxygen atoms in total. The Hall–Kier alpha value is -2.71. The van der Waals surface area contributed by atoms with Crippen LogP contribution in [0.15, 0.2) is 36.8 Å².